The number of esters is 2. The van der Waals surface area contributed by atoms with Crippen LogP contribution in [0.4, 0.5) is 5.69 Å². The molecule has 2 heterocycles. The van der Waals surface area contributed by atoms with Crippen LogP contribution in [0.1, 0.15) is 54.9 Å². The fraction of sp³-hybridized carbons (Fsp3) is 0.419. The average molecular weight is 614 g/mol. The molecule has 1 aliphatic heterocycles. The van der Waals surface area contributed by atoms with Gasteiger partial charge in [0.15, 0.2) is 17.2 Å². The predicted molar refractivity (Wildman–Crippen MR) is 159 cm³/mol. The zero-order chi connectivity index (χ0) is 31.3. The number of hydrogen-bond acceptors (Lipinski definition) is 9. The molecule has 0 spiro atoms. The third kappa shape index (κ3) is 7.29. The van der Waals surface area contributed by atoms with E-state index >= 15 is 0 Å². The summed E-state index contributed by atoms with van der Waals surface area (Å²) in [6.45, 7) is 5.79. The normalized spacial score (nSPS) is 16.7. The molecule has 0 saturated heterocycles. The minimum Gasteiger partial charge on any atom is -0.493 e. The van der Waals surface area contributed by atoms with Crippen LogP contribution in [0.5, 0.6) is 11.5 Å². The van der Waals surface area contributed by atoms with Crippen molar-refractivity contribution in [3.63, 3.8) is 0 Å². The van der Waals surface area contributed by atoms with Gasteiger partial charge in [-0.1, -0.05) is 37.6 Å². The standard InChI is InChI=1S/C31H36ClN3O8/c1-19(36)42-18-31(2,3)17-35-24-11-10-20(32)16-22(24)27(21-8-7-9-25(39-4)28(21)40-5)43-26(29(35)37)13-15-34-14-12-23(33-34)30(38)41-6/h7-12,14,16,26-27H,13,15,17-18H2,1-6H3/t26-,27-/m1/s1. The van der Waals surface area contributed by atoms with E-state index in [0.29, 0.717) is 33.3 Å². The quantitative estimate of drug-likeness (QED) is 0.280. The van der Waals surface area contributed by atoms with Crippen molar-refractivity contribution in [3.05, 3.63) is 70.5 Å². The van der Waals surface area contributed by atoms with Gasteiger partial charge in [-0.15, -0.1) is 0 Å². The van der Waals surface area contributed by atoms with Gasteiger partial charge in [-0.25, -0.2) is 4.79 Å². The Morgan fingerprint density at radius 3 is 2.51 bits per heavy atom. The third-order valence-electron chi connectivity index (χ3n) is 7.03. The molecule has 0 N–H and O–H groups in total. The van der Waals surface area contributed by atoms with E-state index < -0.39 is 29.6 Å². The van der Waals surface area contributed by atoms with Crippen molar-refractivity contribution in [3.8, 4) is 11.5 Å². The number of nitrogens with zero attached hydrogens (tertiary/aromatic N) is 3. The Labute approximate surface area is 255 Å². The number of benzene rings is 2. The molecule has 1 aliphatic rings. The van der Waals surface area contributed by atoms with E-state index in [4.69, 9.17) is 35.3 Å². The average Bonchev–Trinajstić information content (AvgIpc) is 3.43. The lowest BCUT2D eigenvalue weighted by atomic mass is 9.92. The van der Waals surface area contributed by atoms with Crippen LogP contribution in [0.15, 0.2) is 48.7 Å². The Balaban J connectivity index is 1.80. The van der Waals surface area contributed by atoms with E-state index in [1.165, 1.54) is 14.0 Å². The molecular weight excluding hydrogens is 578 g/mol. The van der Waals surface area contributed by atoms with Crippen molar-refractivity contribution in [1.29, 1.82) is 0 Å². The predicted octanol–water partition coefficient (Wildman–Crippen LogP) is 4.84. The number of aromatic nitrogens is 2. The zero-order valence-electron chi connectivity index (χ0n) is 25.1. The molecule has 0 unspecified atom stereocenters. The summed E-state index contributed by atoms with van der Waals surface area (Å²) in [7, 11) is 4.38. The number of ether oxygens (including phenoxy) is 5. The minimum atomic E-state index is -0.942. The molecule has 230 valence electrons. The summed E-state index contributed by atoms with van der Waals surface area (Å²) in [5.74, 6) is -0.279. The van der Waals surface area contributed by atoms with Gasteiger partial charge in [0.2, 0.25) is 0 Å². The van der Waals surface area contributed by atoms with Crippen molar-refractivity contribution in [1.82, 2.24) is 9.78 Å². The summed E-state index contributed by atoms with van der Waals surface area (Å²) in [6.07, 6.45) is 0.164. The molecule has 0 fully saturated rings. The first-order valence-corrected chi connectivity index (χ1v) is 14.1. The maximum absolute atomic E-state index is 14.3. The topological polar surface area (TPSA) is 118 Å². The molecule has 1 amide bonds. The lowest BCUT2D eigenvalue weighted by Crippen LogP contribution is -2.46. The summed E-state index contributed by atoms with van der Waals surface area (Å²) < 4.78 is 29.6. The number of carbonyl (C=O) groups is 3. The number of aryl methyl sites for hydroxylation is 1. The van der Waals surface area contributed by atoms with Gasteiger partial charge in [-0.05, 0) is 30.3 Å². The number of anilines is 1. The number of rotatable bonds is 11. The fourth-order valence-corrected chi connectivity index (χ4v) is 5.18. The fourth-order valence-electron chi connectivity index (χ4n) is 5.00. The Hall–Kier alpha value is -4.09. The Morgan fingerprint density at radius 1 is 1.07 bits per heavy atom. The Bertz CT molecular complexity index is 1490. The molecule has 0 aliphatic carbocycles. The van der Waals surface area contributed by atoms with Gasteiger partial charge >= 0.3 is 11.9 Å². The zero-order valence-corrected chi connectivity index (χ0v) is 25.8. The van der Waals surface area contributed by atoms with Crippen molar-refractivity contribution in [2.75, 3.05) is 39.4 Å². The van der Waals surface area contributed by atoms with Crippen LogP contribution in [-0.2, 0) is 30.3 Å². The van der Waals surface area contributed by atoms with Gasteiger partial charge in [-0.3, -0.25) is 14.3 Å². The number of hydrogen-bond donors (Lipinski definition) is 0. The van der Waals surface area contributed by atoms with E-state index in [1.807, 2.05) is 26.0 Å². The number of carbonyl (C=O) groups excluding carboxylic acids is 3. The second kappa shape index (κ2) is 13.5. The van der Waals surface area contributed by atoms with Crippen LogP contribution in [0.25, 0.3) is 0 Å². The SMILES string of the molecule is COC(=O)c1ccn(CC[C@H]2O[C@H](c3cccc(OC)c3OC)c3cc(Cl)ccc3N(CC(C)(C)COC(C)=O)C2=O)n1. The van der Waals surface area contributed by atoms with Gasteiger partial charge in [0.25, 0.3) is 5.91 Å². The maximum Gasteiger partial charge on any atom is 0.358 e. The lowest BCUT2D eigenvalue weighted by molar-refractivity contribution is -0.143. The first-order valence-electron chi connectivity index (χ1n) is 13.7. The number of fused-ring (bicyclic) bond motifs is 1. The minimum absolute atomic E-state index is 0.108. The molecule has 4 rings (SSSR count). The van der Waals surface area contributed by atoms with Crippen LogP contribution in [0, 0.1) is 5.41 Å². The van der Waals surface area contributed by atoms with Crippen LogP contribution in [0.3, 0.4) is 0 Å². The number of para-hydroxylation sites is 1. The Morgan fingerprint density at radius 2 is 1.84 bits per heavy atom. The van der Waals surface area contributed by atoms with Gasteiger partial charge in [0.1, 0.15) is 12.2 Å². The van der Waals surface area contributed by atoms with Crippen molar-refractivity contribution in [2.24, 2.45) is 5.41 Å². The number of methoxy groups -OCH3 is 3. The first-order chi connectivity index (χ1) is 20.5. The molecule has 3 aromatic rings. The molecule has 1 aromatic heterocycles. The second-order valence-corrected chi connectivity index (χ2v) is 11.3. The summed E-state index contributed by atoms with van der Waals surface area (Å²) in [5.41, 5.74) is 1.47. The van der Waals surface area contributed by atoms with Crippen molar-refractivity contribution >= 4 is 35.1 Å². The van der Waals surface area contributed by atoms with E-state index in [9.17, 15) is 14.4 Å². The van der Waals surface area contributed by atoms with Crippen LogP contribution >= 0.6 is 11.6 Å². The van der Waals surface area contributed by atoms with Crippen LogP contribution < -0.4 is 14.4 Å². The largest absolute Gasteiger partial charge is 0.493 e. The molecule has 11 nitrogen and oxygen atoms in total. The smallest absolute Gasteiger partial charge is 0.358 e. The van der Waals surface area contributed by atoms with Gasteiger partial charge in [0.05, 0.1) is 27.9 Å². The van der Waals surface area contributed by atoms with Gasteiger partial charge < -0.3 is 28.6 Å². The van der Waals surface area contributed by atoms with E-state index in [-0.39, 0.29) is 37.7 Å². The van der Waals surface area contributed by atoms with Gasteiger partial charge in [-0.2, -0.15) is 5.10 Å². The number of halogens is 1. The lowest BCUT2D eigenvalue weighted by Gasteiger charge is -2.33. The summed E-state index contributed by atoms with van der Waals surface area (Å²) in [4.78, 5) is 39.5. The highest BCUT2D eigenvalue weighted by molar-refractivity contribution is 6.30. The molecule has 0 bridgehead atoms. The molecule has 43 heavy (non-hydrogen) atoms. The van der Waals surface area contributed by atoms with E-state index in [1.54, 1.807) is 60.3 Å². The highest BCUT2D eigenvalue weighted by Crippen LogP contribution is 2.45. The molecular formula is C31H36ClN3O8. The Kier molecular flexibility index (Phi) is 9.98. The van der Waals surface area contributed by atoms with Gasteiger partial charge in [0, 0.05) is 59.9 Å². The third-order valence-corrected chi connectivity index (χ3v) is 7.26. The summed E-state index contributed by atoms with van der Waals surface area (Å²) >= 11 is 6.51. The van der Waals surface area contributed by atoms with E-state index in [2.05, 4.69) is 5.10 Å². The van der Waals surface area contributed by atoms with Crippen molar-refractivity contribution in [2.45, 2.75) is 45.9 Å². The van der Waals surface area contributed by atoms with E-state index in [0.717, 1.165) is 0 Å². The van der Waals surface area contributed by atoms with Crippen LogP contribution in [-0.4, -0.2) is 68.2 Å². The molecule has 2 aromatic carbocycles. The number of amides is 1. The second-order valence-electron chi connectivity index (χ2n) is 10.9. The molecule has 2 atom stereocenters. The summed E-state index contributed by atoms with van der Waals surface area (Å²) in [6, 6.07) is 12.3. The monoisotopic (exact) mass is 613 g/mol. The molecule has 0 radical (unpaired) electrons. The van der Waals surface area contributed by atoms with Crippen LogP contribution in [0.2, 0.25) is 5.02 Å². The highest BCUT2D eigenvalue weighted by Gasteiger charge is 2.40. The highest BCUT2D eigenvalue weighted by atomic mass is 35.5. The first kappa shape index (κ1) is 31.8. The maximum atomic E-state index is 14.3. The summed E-state index contributed by atoms with van der Waals surface area (Å²) in [5, 5.41) is 4.73. The molecule has 12 heteroatoms. The molecule has 0 saturated carbocycles. The van der Waals surface area contributed by atoms with Crippen molar-refractivity contribution < 1.29 is 38.1 Å².